The van der Waals surface area contributed by atoms with Crippen LogP contribution < -0.4 is 19.7 Å². The van der Waals surface area contributed by atoms with Crippen molar-refractivity contribution in [1.29, 1.82) is 0 Å². The van der Waals surface area contributed by atoms with Crippen LogP contribution in [0.5, 0.6) is 11.5 Å². The van der Waals surface area contributed by atoms with Gasteiger partial charge in [-0.25, -0.2) is 0 Å². The van der Waals surface area contributed by atoms with E-state index in [9.17, 15) is 0 Å². The number of hydrogen-bond acceptors (Lipinski definition) is 4. The van der Waals surface area contributed by atoms with Gasteiger partial charge >= 0.3 is 0 Å². The van der Waals surface area contributed by atoms with Crippen LogP contribution in [0, 0.1) is 6.92 Å². The van der Waals surface area contributed by atoms with Gasteiger partial charge in [0.05, 0.1) is 0 Å². The summed E-state index contributed by atoms with van der Waals surface area (Å²) in [5.41, 5.74) is 2.47. The van der Waals surface area contributed by atoms with Crippen molar-refractivity contribution in [3.63, 3.8) is 0 Å². The third-order valence-corrected chi connectivity index (χ3v) is 4.01. The van der Waals surface area contributed by atoms with Crippen LogP contribution in [0.25, 0.3) is 0 Å². The highest BCUT2D eigenvalue weighted by atomic mass is 16.7. The fourth-order valence-electron chi connectivity index (χ4n) is 2.95. The number of benzene rings is 1. The summed E-state index contributed by atoms with van der Waals surface area (Å²) in [4.78, 5) is 2.32. The number of likely N-dealkylation sites (N-methyl/N-ethyl adjacent to an activating group) is 1. The molecular formula is C15H22N2O2. The van der Waals surface area contributed by atoms with Crippen molar-refractivity contribution in [2.45, 2.75) is 32.2 Å². The van der Waals surface area contributed by atoms with E-state index in [-0.39, 0.29) is 0 Å². The maximum atomic E-state index is 5.47. The van der Waals surface area contributed by atoms with Crippen LogP contribution in [-0.2, 0) is 0 Å². The summed E-state index contributed by atoms with van der Waals surface area (Å²) in [6, 6.07) is 4.77. The molecule has 1 aromatic rings. The molecule has 1 unspecified atom stereocenters. The Labute approximate surface area is 114 Å². The summed E-state index contributed by atoms with van der Waals surface area (Å²) >= 11 is 0. The van der Waals surface area contributed by atoms with Crippen molar-refractivity contribution < 1.29 is 9.47 Å². The van der Waals surface area contributed by atoms with Crippen LogP contribution in [-0.4, -0.2) is 33.0 Å². The summed E-state index contributed by atoms with van der Waals surface area (Å²) in [6.45, 7) is 4.66. The summed E-state index contributed by atoms with van der Waals surface area (Å²) in [7, 11) is 2.15. The van der Waals surface area contributed by atoms with E-state index in [1.807, 2.05) is 0 Å². The lowest BCUT2D eigenvalue weighted by atomic mass is 10.0. The van der Waals surface area contributed by atoms with Crippen LogP contribution in [0.3, 0.4) is 0 Å². The number of nitrogens with zero attached hydrogens (tertiary/aromatic N) is 1. The molecule has 0 bridgehead atoms. The van der Waals surface area contributed by atoms with E-state index in [2.05, 4.69) is 36.3 Å². The fourth-order valence-corrected chi connectivity index (χ4v) is 2.95. The molecule has 4 nitrogen and oxygen atoms in total. The molecule has 2 aliphatic rings. The van der Waals surface area contributed by atoms with Gasteiger partial charge in [0.15, 0.2) is 11.5 Å². The molecule has 2 heterocycles. The molecule has 1 aromatic carbocycles. The molecule has 104 valence electrons. The molecule has 0 aliphatic carbocycles. The minimum atomic E-state index is 0.339. The topological polar surface area (TPSA) is 33.7 Å². The second-order valence-electron chi connectivity index (χ2n) is 5.52. The number of rotatable bonds is 3. The van der Waals surface area contributed by atoms with Crippen LogP contribution in [0.1, 0.15) is 24.8 Å². The molecule has 1 saturated heterocycles. The summed E-state index contributed by atoms with van der Waals surface area (Å²) < 4.78 is 10.9. The number of aryl methyl sites for hydroxylation is 1. The van der Waals surface area contributed by atoms with Gasteiger partial charge in [0, 0.05) is 31.4 Å². The van der Waals surface area contributed by atoms with Crippen molar-refractivity contribution in [2.75, 3.05) is 31.8 Å². The smallest absolute Gasteiger partial charge is 0.231 e. The Morgan fingerprint density at radius 1 is 1.26 bits per heavy atom. The van der Waals surface area contributed by atoms with E-state index in [4.69, 9.17) is 9.47 Å². The Morgan fingerprint density at radius 3 is 2.79 bits per heavy atom. The van der Waals surface area contributed by atoms with Crippen LogP contribution >= 0.6 is 0 Å². The highest BCUT2D eigenvalue weighted by Crippen LogP contribution is 2.37. The second kappa shape index (κ2) is 5.29. The van der Waals surface area contributed by atoms with Gasteiger partial charge in [0.2, 0.25) is 6.79 Å². The minimum Gasteiger partial charge on any atom is -0.454 e. The van der Waals surface area contributed by atoms with E-state index < -0.39 is 0 Å². The number of nitrogens with one attached hydrogen (secondary N) is 1. The lowest BCUT2D eigenvalue weighted by Gasteiger charge is -2.30. The predicted molar refractivity (Wildman–Crippen MR) is 76.2 cm³/mol. The van der Waals surface area contributed by atoms with Crippen LogP contribution in [0.15, 0.2) is 12.1 Å². The van der Waals surface area contributed by atoms with Crippen molar-refractivity contribution in [3.05, 3.63) is 17.7 Å². The zero-order valence-corrected chi connectivity index (χ0v) is 11.7. The standard InChI is InChI=1S/C15H22N2O2/c1-11-7-14-15(19-10-18-14)8-13(11)17(2)9-12-5-3-4-6-16-12/h7-8,12,16H,3-6,9-10H2,1-2H3. The van der Waals surface area contributed by atoms with E-state index in [1.54, 1.807) is 0 Å². The summed E-state index contributed by atoms with van der Waals surface area (Å²) in [6.07, 6.45) is 3.92. The number of hydrogen-bond donors (Lipinski definition) is 1. The lowest BCUT2D eigenvalue weighted by molar-refractivity contribution is 0.174. The van der Waals surface area contributed by atoms with Crippen molar-refractivity contribution in [3.8, 4) is 11.5 Å². The summed E-state index contributed by atoms with van der Waals surface area (Å²) in [5, 5.41) is 3.59. The second-order valence-corrected chi connectivity index (χ2v) is 5.52. The minimum absolute atomic E-state index is 0.339. The molecule has 1 atom stereocenters. The Kier molecular flexibility index (Phi) is 3.51. The molecule has 1 fully saturated rings. The molecule has 0 spiro atoms. The van der Waals surface area contributed by atoms with Gasteiger partial charge in [-0.2, -0.15) is 0 Å². The highest BCUT2D eigenvalue weighted by Gasteiger charge is 2.20. The first kappa shape index (κ1) is 12.6. The molecule has 0 aromatic heterocycles. The monoisotopic (exact) mass is 262 g/mol. The molecule has 3 rings (SSSR count). The average Bonchev–Trinajstić information content (AvgIpc) is 2.86. The van der Waals surface area contributed by atoms with E-state index in [0.29, 0.717) is 12.8 Å². The Balaban J connectivity index is 1.73. The van der Waals surface area contributed by atoms with Gasteiger partial charge in [-0.15, -0.1) is 0 Å². The third kappa shape index (κ3) is 2.63. The lowest BCUT2D eigenvalue weighted by Crippen LogP contribution is -2.42. The number of anilines is 1. The summed E-state index contributed by atoms with van der Waals surface area (Å²) in [5.74, 6) is 1.73. The molecule has 2 aliphatic heterocycles. The predicted octanol–water partition coefficient (Wildman–Crippen LogP) is 2.30. The zero-order chi connectivity index (χ0) is 13.2. The maximum absolute atomic E-state index is 5.47. The molecule has 0 radical (unpaired) electrons. The van der Waals surface area contributed by atoms with Gasteiger partial charge in [-0.3, -0.25) is 0 Å². The molecular weight excluding hydrogens is 240 g/mol. The van der Waals surface area contributed by atoms with Crippen LogP contribution in [0.4, 0.5) is 5.69 Å². The maximum Gasteiger partial charge on any atom is 0.231 e. The SMILES string of the molecule is Cc1cc2c(cc1N(C)CC1CCCCN1)OCO2. The Bertz CT molecular complexity index is 456. The van der Waals surface area contributed by atoms with E-state index in [0.717, 1.165) is 24.6 Å². The van der Waals surface area contributed by atoms with Gasteiger partial charge in [-0.05, 0) is 37.9 Å². The number of piperidine rings is 1. The number of fused-ring (bicyclic) bond motifs is 1. The van der Waals surface area contributed by atoms with Crippen LogP contribution in [0.2, 0.25) is 0 Å². The van der Waals surface area contributed by atoms with Crippen molar-refractivity contribution in [2.24, 2.45) is 0 Å². The first-order valence-corrected chi connectivity index (χ1v) is 7.09. The molecule has 0 amide bonds. The third-order valence-electron chi connectivity index (χ3n) is 4.01. The zero-order valence-electron chi connectivity index (χ0n) is 11.7. The fraction of sp³-hybridized carbons (Fsp3) is 0.600. The molecule has 1 N–H and O–H groups in total. The Hall–Kier alpha value is -1.42. The highest BCUT2D eigenvalue weighted by molar-refractivity contribution is 5.62. The molecule has 0 saturated carbocycles. The quantitative estimate of drug-likeness (QED) is 0.906. The largest absolute Gasteiger partial charge is 0.454 e. The average molecular weight is 262 g/mol. The molecule has 4 heteroatoms. The van der Waals surface area contributed by atoms with Gasteiger partial charge in [0.1, 0.15) is 0 Å². The molecule has 19 heavy (non-hydrogen) atoms. The first-order valence-electron chi connectivity index (χ1n) is 7.09. The first-order chi connectivity index (χ1) is 9.24. The van der Waals surface area contributed by atoms with Gasteiger partial charge in [-0.1, -0.05) is 6.42 Å². The van der Waals surface area contributed by atoms with E-state index >= 15 is 0 Å². The van der Waals surface area contributed by atoms with Crippen molar-refractivity contribution in [1.82, 2.24) is 5.32 Å². The number of ether oxygens (including phenoxy) is 2. The van der Waals surface area contributed by atoms with E-state index in [1.165, 1.54) is 30.5 Å². The normalized spacial score (nSPS) is 21.5. The van der Waals surface area contributed by atoms with Gasteiger partial charge in [0.25, 0.3) is 0 Å². The van der Waals surface area contributed by atoms with Gasteiger partial charge < -0.3 is 19.7 Å². The van der Waals surface area contributed by atoms with Crippen molar-refractivity contribution >= 4 is 5.69 Å². The Morgan fingerprint density at radius 2 is 2.05 bits per heavy atom.